The van der Waals surface area contributed by atoms with E-state index < -0.39 is 6.04 Å². The number of piperazine rings is 1. The number of hydrogen-bond donors (Lipinski definition) is 2. The van der Waals surface area contributed by atoms with Crippen molar-refractivity contribution in [3.63, 3.8) is 0 Å². The van der Waals surface area contributed by atoms with Crippen LogP contribution in [-0.2, 0) is 4.79 Å². The number of nitrogens with zero attached hydrogens (tertiary/aromatic N) is 2. The number of rotatable bonds is 4. The molecule has 1 aromatic rings. The van der Waals surface area contributed by atoms with E-state index in [2.05, 4.69) is 15.6 Å². The van der Waals surface area contributed by atoms with Gasteiger partial charge in [-0.05, 0) is 19.4 Å². The van der Waals surface area contributed by atoms with Crippen LogP contribution in [0.3, 0.4) is 0 Å². The predicted molar refractivity (Wildman–Crippen MR) is 76.5 cm³/mol. The van der Waals surface area contributed by atoms with Gasteiger partial charge in [-0.15, -0.1) is 0 Å². The van der Waals surface area contributed by atoms with Gasteiger partial charge >= 0.3 is 0 Å². The fraction of sp³-hybridized carbons (Fsp3) is 0.500. The highest BCUT2D eigenvalue weighted by Crippen LogP contribution is 2.19. The van der Waals surface area contributed by atoms with Crippen LogP contribution >= 0.6 is 0 Å². The number of carbonyl (C=O) groups is 2. The number of pyridine rings is 1. The Kier molecular flexibility index (Phi) is 4.55. The molecule has 1 aliphatic rings. The molecule has 20 heavy (non-hydrogen) atoms. The molecule has 1 saturated heterocycles. The molecule has 6 heteroatoms. The molecule has 1 atom stereocenters. The lowest BCUT2D eigenvalue weighted by atomic mass is 10.1. The maximum Gasteiger partial charge on any atom is 0.258 e. The number of amides is 2. The molecule has 0 aromatic carbocycles. The maximum absolute atomic E-state index is 12.7. The van der Waals surface area contributed by atoms with Gasteiger partial charge in [0.2, 0.25) is 5.91 Å². The molecule has 2 N–H and O–H groups in total. The van der Waals surface area contributed by atoms with Gasteiger partial charge in [-0.2, -0.15) is 0 Å². The molecule has 1 fully saturated rings. The number of hydrogen-bond acceptors (Lipinski definition) is 4. The topological polar surface area (TPSA) is 74.3 Å². The zero-order valence-corrected chi connectivity index (χ0v) is 11.8. The van der Waals surface area contributed by atoms with Crippen molar-refractivity contribution in [3.05, 3.63) is 24.0 Å². The quantitative estimate of drug-likeness (QED) is 0.855. The van der Waals surface area contributed by atoms with Gasteiger partial charge in [-0.25, -0.2) is 0 Å². The van der Waals surface area contributed by atoms with Gasteiger partial charge < -0.3 is 15.5 Å². The monoisotopic (exact) mass is 276 g/mol. The Balaban J connectivity index is 2.28. The molecular weight excluding hydrogens is 256 g/mol. The van der Waals surface area contributed by atoms with Crippen molar-refractivity contribution in [2.24, 2.45) is 0 Å². The van der Waals surface area contributed by atoms with E-state index in [0.717, 1.165) is 12.2 Å². The summed E-state index contributed by atoms with van der Waals surface area (Å²) < 4.78 is 0. The van der Waals surface area contributed by atoms with Crippen molar-refractivity contribution < 1.29 is 9.59 Å². The van der Waals surface area contributed by atoms with E-state index in [-0.39, 0.29) is 11.8 Å². The Bertz CT molecular complexity index is 504. The molecule has 0 aliphatic carbocycles. The van der Waals surface area contributed by atoms with Crippen molar-refractivity contribution in [1.29, 1.82) is 0 Å². The van der Waals surface area contributed by atoms with E-state index in [1.165, 1.54) is 0 Å². The minimum atomic E-state index is -0.397. The molecule has 1 aromatic heterocycles. The first-order chi connectivity index (χ1) is 9.69. The summed E-state index contributed by atoms with van der Waals surface area (Å²) in [4.78, 5) is 30.2. The molecule has 108 valence electrons. The van der Waals surface area contributed by atoms with E-state index in [1.54, 1.807) is 23.4 Å². The summed E-state index contributed by atoms with van der Waals surface area (Å²) in [7, 11) is 0. The average molecular weight is 276 g/mol. The van der Waals surface area contributed by atoms with Crippen molar-refractivity contribution in [2.75, 3.05) is 25.0 Å². The van der Waals surface area contributed by atoms with Gasteiger partial charge in [0.1, 0.15) is 6.04 Å². The van der Waals surface area contributed by atoms with Gasteiger partial charge in [0, 0.05) is 32.0 Å². The number of carbonyl (C=O) groups excluding carboxylic acids is 2. The Hall–Kier alpha value is -2.11. The van der Waals surface area contributed by atoms with Crippen LogP contribution in [0.2, 0.25) is 0 Å². The lowest BCUT2D eigenvalue weighted by Gasteiger charge is -2.34. The van der Waals surface area contributed by atoms with Crippen molar-refractivity contribution in [1.82, 2.24) is 15.2 Å². The molecule has 0 radical (unpaired) electrons. The van der Waals surface area contributed by atoms with Crippen LogP contribution < -0.4 is 10.6 Å². The second-order valence-electron chi connectivity index (χ2n) is 4.67. The second-order valence-corrected chi connectivity index (χ2v) is 4.67. The standard InChI is InChI=1S/C14H20N4O2/c1-3-12-13(19)17-7-8-18(12)14(20)10-9-15-6-5-11(10)16-4-2/h5-6,9,12H,3-4,7-8H2,1-2H3,(H,15,16)(H,17,19). The normalized spacial score (nSPS) is 18.6. The summed E-state index contributed by atoms with van der Waals surface area (Å²) in [5.41, 5.74) is 1.27. The van der Waals surface area contributed by atoms with Gasteiger partial charge in [0.25, 0.3) is 5.91 Å². The predicted octanol–water partition coefficient (Wildman–Crippen LogP) is 0.864. The second kappa shape index (κ2) is 6.36. The molecule has 2 amide bonds. The summed E-state index contributed by atoms with van der Waals surface area (Å²) in [6.45, 7) is 5.63. The molecule has 2 rings (SSSR count). The molecule has 6 nitrogen and oxygen atoms in total. The molecule has 1 unspecified atom stereocenters. The summed E-state index contributed by atoms with van der Waals surface area (Å²) in [5.74, 6) is -0.225. The lowest BCUT2D eigenvalue weighted by Crippen LogP contribution is -2.57. The Morgan fingerprint density at radius 3 is 3.05 bits per heavy atom. The first kappa shape index (κ1) is 14.3. The van der Waals surface area contributed by atoms with Crippen molar-refractivity contribution >= 4 is 17.5 Å². The largest absolute Gasteiger partial charge is 0.385 e. The summed E-state index contributed by atoms with van der Waals surface area (Å²) >= 11 is 0. The third-order valence-electron chi connectivity index (χ3n) is 3.40. The lowest BCUT2D eigenvalue weighted by molar-refractivity contribution is -0.127. The third kappa shape index (κ3) is 2.74. The smallest absolute Gasteiger partial charge is 0.258 e. The Morgan fingerprint density at radius 1 is 1.55 bits per heavy atom. The minimum absolute atomic E-state index is 0.0824. The highest BCUT2D eigenvalue weighted by molar-refractivity contribution is 6.02. The molecule has 0 saturated carbocycles. The van der Waals surface area contributed by atoms with Crippen molar-refractivity contribution in [3.8, 4) is 0 Å². The molecule has 1 aliphatic heterocycles. The minimum Gasteiger partial charge on any atom is -0.385 e. The third-order valence-corrected chi connectivity index (χ3v) is 3.40. The van der Waals surface area contributed by atoms with Crippen LogP contribution in [0, 0.1) is 0 Å². The van der Waals surface area contributed by atoms with Crippen LogP contribution in [0.15, 0.2) is 18.5 Å². The maximum atomic E-state index is 12.7. The Labute approximate surface area is 118 Å². The number of anilines is 1. The highest BCUT2D eigenvalue weighted by Gasteiger charge is 2.32. The number of aromatic nitrogens is 1. The first-order valence-corrected chi connectivity index (χ1v) is 6.95. The molecule has 0 bridgehead atoms. The number of nitrogens with one attached hydrogen (secondary N) is 2. The van der Waals surface area contributed by atoms with Crippen LogP contribution in [0.5, 0.6) is 0 Å². The van der Waals surface area contributed by atoms with Gasteiger partial charge in [-0.3, -0.25) is 14.6 Å². The van der Waals surface area contributed by atoms with Gasteiger partial charge in [-0.1, -0.05) is 6.92 Å². The molecule has 0 spiro atoms. The van der Waals surface area contributed by atoms with E-state index in [4.69, 9.17) is 0 Å². The van der Waals surface area contributed by atoms with E-state index in [9.17, 15) is 9.59 Å². The van der Waals surface area contributed by atoms with Crippen LogP contribution in [0.25, 0.3) is 0 Å². The zero-order valence-electron chi connectivity index (χ0n) is 11.8. The van der Waals surface area contributed by atoms with Gasteiger partial charge in [0.05, 0.1) is 11.3 Å². The summed E-state index contributed by atoms with van der Waals surface area (Å²) in [5, 5.41) is 5.95. The van der Waals surface area contributed by atoms with E-state index >= 15 is 0 Å². The molecular formula is C14H20N4O2. The summed E-state index contributed by atoms with van der Waals surface area (Å²) in [6, 6.07) is 1.38. The van der Waals surface area contributed by atoms with E-state index in [0.29, 0.717) is 25.1 Å². The van der Waals surface area contributed by atoms with Crippen LogP contribution in [0.1, 0.15) is 30.6 Å². The summed E-state index contributed by atoms with van der Waals surface area (Å²) in [6.07, 6.45) is 3.81. The van der Waals surface area contributed by atoms with Gasteiger partial charge in [0.15, 0.2) is 0 Å². The zero-order chi connectivity index (χ0) is 14.5. The highest BCUT2D eigenvalue weighted by atomic mass is 16.2. The first-order valence-electron chi connectivity index (χ1n) is 6.95. The molecule has 2 heterocycles. The van der Waals surface area contributed by atoms with Crippen molar-refractivity contribution in [2.45, 2.75) is 26.3 Å². The fourth-order valence-electron chi connectivity index (χ4n) is 2.43. The van der Waals surface area contributed by atoms with Crippen LogP contribution in [-0.4, -0.2) is 47.4 Å². The van der Waals surface area contributed by atoms with E-state index in [1.807, 2.05) is 13.8 Å². The fourth-order valence-corrected chi connectivity index (χ4v) is 2.43. The Morgan fingerprint density at radius 2 is 2.35 bits per heavy atom. The van der Waals surface area contributed by atoms with Crippen LogP contribution in [0.4, 0.5) is 5.69 Å². The SMILES string of the molecule is CCNc1ccncc1C(=O)N1CCNC(=O)C1CC. The average Bonchev–Trinajstić information content (AvgIpc) is 2.47.